The molecule has 0 atom stereocenters. The average molecular weight is 433 g/mol. The number of carbonyl (C=O) groups excluding carboxylic acids is 1. The van der Waals surface area contributed by atoms with Gasteiger partial charge in [0, 0.05) is 17.2 Å². The van der Waals surface area contributed by atoms with Crippen molar-refractivity contribution in [1.29, 1.82) is 0 Å². The van der Waals surface area contributed by atoms with E-state index in [1.54, 1.807) is 0 Å². The van der Waals surface area contributed by atoms with E-state index in [0.29, 0.717) is 12.2 Å². The van der Waals surface area contributed by atoms with Gasteiger partial charge in [-0.3, -0.25) is 0 Å². The fourth-order valence-electron chi connectivity index (χ4n) is 3.06. The SMILES string of the molecule is CCOC(=O)c1c[n+](C(C)C)c(-c2ccccc2)cc1-c1ccccc1.F[B-](F)(F)F. The summed E-state index contributed by atoms with van der Waals surface area (Å²) in [7, 11) is -6.00. The Hall–Kier alpha value is -3.16. The van der Waals surface area contributed by atoms with Gasteiger partial charge in [0.2, 0.25) is 5.69 Å². The standard InChI is InChI=1S/C23H24NO2.BF4/c1-4-26-23(25)21-16-24(17(2)3)22(19-13-9-6-10-14-19)15-20(21)18-11-7-5-8-12-18;2-1(3,4)5/h5-17H,4H2,1-3H3;/q+1;-1. The summed E-state index contributed by atoms with van der Waals surface area (Å²) in [6, 6.07) is 22.5. The molecule has 0 unspecified atom stereocenters. The zero-order valence-corrected chi connectivity index (χ0v) is 17.6. The summed E-state index contributed by atoms with van der Waals surface area (Å²) in [5, 5.41) is 0. The van der Waals surface area contributed by atoms with E-state index in [0.717, 1.165) is 22.4 Å². The second-order valence-corrected chi connectivity index (χ2v) is 6.93. The van der Waals surface area contributed by atoms with Gasteiger partial charge in [0.15, 0.2) is 12.2 Å². The number of pyridine rings is 1. The Morgan fingerprint density at radius 2 is 1.42 bits per heavy atom. The molecule has 0 radical (unpaired) electrons. The molecule has 0 saturated heterocycles. The molecular formula is C23H24BF4NO2. The molecule has 0 spiro atoms. The molecule has 0 fully saturated rings. The van der Waals surface area contributed by atoms with E-state index in [1.807, 2.05) is 61.7 Å². The normalized spacial score (nSPS) is 11.0. The first-order valence-electron chi connectivity index (χ1n) is 9.86. The summed E-state index contributed by atoms with van der Waals surface area (Å²) in [5.74, 6) is -0.291. The van der Waals surface area contributed by atoms with Crippen molar-refractivity contribution < 1.29 is 31.4 Å². The van der Waals surface area contributed by atoms with Crippen LogP contribution in [0.1, 0.15) is 37.2 Å². The van der Waals surface area contributed by atoms with Gasteiger partial charge in [-0.05, 0) is 38.5 Å². The molecule has 164 valence electrons. The molecule has 0 aliphatic heterocycles. The number of esters is 1. The molecule has 1 heterocycles. The molecule has 0 saturated carbocycles. The molecule has 31 heavy (non-hydrogen) atoms. The van der Waals surface area contributed by atoms with E-state index in [9.17, 15) is 22.1 Å². The minimum atomic E-state index is -6.00. The van der Waals surface area contributed by atoms with Crippen molar-refractivity contribution in [2.24, 2.45) is 0 Å². The van der Waals surface area contributed by atoms with E-state index < -0.39 is 7.25 Å². The minimum Gasteiger partial charge on any atom is -0.462 e. The summed E-state index contributed by atoms with van der Waals surface area (Å²) in [6.07, 6.45) is 1.92. The summed E-state index contributed by atoms with van der Waals surface area (Å²) in [6.45, 7) is 6.41. The first kappa shape index (κ1) is 24.1. The number of carbonyl (C=O) groups is 1. The van der Waals surface area contributed by atoms with Crippen LogP contribution >= 0.6 is 0 Å². The van der Waals surface area contributed by atoms with Crippen molar-refractivity contribution in [3.05, 3.63) is 78.5 Å². The third-order valence-corrected chi connectivity index (χ3v) is 4.32. The molecular weight excluding hydrogens is 409 g/mol. The Morgan fingerprint density at radius 1 is 0.935 bits per heavy atom. The van der Waals surface area contributed by atoms with Gasteiger partial charge in [0.25, 0.3) is 0 Å². The van der Waals surface area contributed by atoms with Gasteiger partial charge in [-0.1, -0.05) is 48.5 Å². The second-order valence-electron chi connectivity index (χ2n) is 6.93. The summed E-state index contributed by atoms with van der Waals surface area (Å²) in [4.78, 5) is 12.6. The first-order valence-corrected chi connectivity index (χ1v) is 9.86. The number of hydrogen-bond donors (Lipinski definition) is 0. The lowest BCUT2D eigenvalue weighted by Crippen LogP contribution is -2.39. The van der Waals surface area contributed by atoms with Crippen LogP contribution in [0.5, 0.6) is 0 Å². The topological polar surface area (TPSA) is 30.2 Å². The van der Waals surface area contributed by atoms with Crippen LogP contribution in [-0.2, 0) is 4.74 Å². The fraction of sp³-hybridized carbons (Fsp3) is 0.217. The number of nitrogens with zero attached hydrogens (tertiary/aromatic N) is 1. The van der Waals surface area contributed by atoms with Gasteiger partial charge in [-0.25, -0.2) is 4.79 Å². The highest BCUT2D eigenvalue weighted by atomic mass is 19.5. The third kappa shape index (κ3) is 7.24. The molecule has 0 N–H and O–H groups in total. The van der Waals surface area contributed by atoms with Gasteiger partial charge >= 0.3 is 13.2 Å². The highest BCUT2D eigenvalue weighted by Crippen LogP contribution is 2.28. The Morgan fingerprint density at radius 3 is 1.87 bits per heavy atom. The number of halogens is 4. The monoisotopic (exact) mass is 433 g/mol. The molecule has 0 aliphatic rings. The minimum absolute atomic E-state index is 0.211. The fourth-order valence-corrected chi connectivity index (χ4v) is 3.06. The molecule has 3 nitrogen and oxygen atoms in total. The average Bonchev–Trinajstić information content (AvgIpc) is 2.73. The third-order valence-electron chi connectivity index (χ3n) is 4.32. The van der Waals surface area contributed by atoms with E-state index in [4.69, 9.17) is 4.74 Å². The second kappa shape index (κ2) is 10.7. The Kier molecular flexibility index (Phi) is 8.36. The number of rotatable bonds is 5. The zero-order chi connectivity index (χ0) is 23.0. The maximum absolute atomic E-state index is 12.6. The first-order chi connectivity index (χ1) is 14.6. The highest BCUT2D eigenvalue weighted by molar-refractivity contribution is 6.50. The van der Waals surface area contributed by atoms with E-state index in [1.165, 1.54) is 0 Å². The Balaban J connectivity index is 0.000000614. The molecule has 3 aromatic rings. The van der Waals surface area contributed by atoms with Crippen LogP contribution in [0, 0.1) is 0 Å². The maximum Gasteiger partial charge on any atom is 0.673 e. The van der Waals surface area contributed by atoms with Crippen LogP contribution < -0.4 is 4.57 Å². The van der Waals surface area contributed by atoms with Crippen molar-refractivity contribution >= 4 is 13.2 Å². The highest BCUT2D eigenvalue weighted by Gasteiger charge is 2.25. The molecule has 2 aromatic carbocycles. The smallest absolute Gasteiger partial charge is 0.462 e. The van der Waals surface area contributed by atoms with Crippen molar-refractivity contribution in [2.45, 2.75) is 26.8 Å². The summed E-state index contributed by atoms with van der Waals surface area (Å²) >= 11 is 0. The van der Waals surface area contributed by atoms with Crippen molar-refractivity contribution in [1.82, 2.24) is 0 Å². The zero-order valence-electron chi connectivity index (χ0n) is 17.6. The van der Waals surface area contributed by atoms with Crippen LogP contribution in [0.2, 0.25) is 0 Å². The van der Waals surface area contributed by atoms with Gasteiger partial charge in [0.1, 0.15) is 5.56 Å². The van der Waals surface area contributed by atoms with Crippen molar-refractivity contribution in [3.63, 3.8) is 0 Å². The summed E-state index contributed by atoms with van der Waals surface area (Å²) < 4.78 is 46.5. The Labute approximate surface area is 179 Å². The van der Waals surface area contributed by atoms with Gasteiger partial charge < -0.3 is 22.0 Å². The van der Waals surface area contributed by atoms with Crippen LogP contribution in [0.4, 0.5) is 17.3 Å². The van der Waals surface area contributed by atoms with Crippen LogP contribution in [0.3, 0.4) is 0 Å². The lowest BCUT2D eigenvalue weighted by atomic mass is 9.98. The van der Waals surface area contributed by atoms with Crippen molar-refractivity contribution in [3.8, 4) is 22.4 Å². The largest absolute Gasteiger partial charge is 0.673 e. The quantitative estimate of drug-likeness (QED) is 0.203. The van der Waals surface area contributed by atoms with Crippen LogP contribution in [0.25, 0.3) is 22.4 Å². The van der Waals surface area contributed by atoms with Crippen molar-refractivity contribution in [2.75, 3.05) is 6.61 Å². The maximum atomic E-state index is 12.6. The molecule has 0 aliphatic carbocycles. The van der Waals surface area contributed by atoms with Crippen LogP contribution in [-0.4, -0.2) is 19.8 Å². The lowest BCUT2D eigenvalue weighted by Gasteiger charge is -2.14. The summed E-state index contributed by atoms with van der Waals surface area (Å²) in [5.41, 5.74) is 4.68. The molecule has 0 bridgehead atoms. The number of benzene rings is 2. The molecule has 1 aromatic heterocycles. The molecule has 0 amide bonds. The molecule has 3 rings (SSSR count). The van der Waals surface area contributed by atoms with Gasteiger partial charge in [-0.2, -0.15) is 4.57 Å². The predicted molar refractivity (Wildman–Crippen MR) is 114 cm³/mol. The Bertz CT molecular complexity index is 988. The number of ether oxygens (including phenoxy) is 1. The van der Waals surface area contributed by atoms with Gasteiger partial charge in [0.05, 0.1) is 6.61 Å². The van der Waals surface area contributed by atoms with E-state index in [2.05, 4.69) is 36.6 Å². The predicted octanol–water partition coefficient (Wildman–Crippen LogP) is 6.37. The lowest BCUT2D eigenvalue weighted by molar-refractivity contribution is -0.705. The van der Waals surface area contributed by atoms with E-state index >= 15 is 0 Å². The molecule has 8 heteroatoms. The van der Waals surface area contributed by atoms with Crippen LogP contribution in [0.15, 0.2) is 72.9 Å². The van der Waals surface area contributed by atoms with Gasteiger partial charge in [-0.15, -0.1) is 0 Å². The number of hydrogen-bond acceptors (Lipinski definition) is 2. The number of aromatic nitrogens is 1. The van der Waals surface area contributed by atoms with E-state index in [-0.39, 0.29) is 12.0 Å².